The van der Waals surface area contributed by atoms with Crippen molar-refractivity contribution in [2.45, 2.75) is 33.8 Å². The molecule has 18 heavy (non-hydrogen) atoms. The zero-order chi connectivity index (χ0) is 13.7. The van der Waals surface area contributed by atoms with Gasteiger partial charge in [0.05, 0.1) is 24.0 Å². The summed E-state index contributed by atoms with van der Waals surface area (Å²) in [7, 11) is 0. The van der Waals surface area contributed by atoms with Crippen LogP contribution in [0.15, 0.2) is 18.2 Å². The molecule has 4 nitrogen and oxygen atoms in total. The Morgan fingerprint density at radius 3 is 2.50 bits per heavy atom. The molecule has 0 atom stereocenters. The predicted molar refractivity (Wildman–Crippen MR) is 71.7 cm³/mol. The first-order valence-corrected chi connectivity index (χ1v) is 6.14. The van der Waals surface area contributed by atoms with Crippen LogP contribution in [0.3, 0.4) is 0 Å². The molecule has 4 heteroatoms. The largest absolute Gasteiger partial charge is 0.491 e. The second kappa shape index (κ2) is 6.28. The van der Waals surface area contributed by atoms with Gasteiger partial charge in [0.25, 0.3) is 0 Å². The van der Waals surface area contributed by atoms with Crippen molar-refractivity contribution >= 4 is 11.7 Å². The van der Waals surface area contributed by atoms with E-state index in [1.54, 1.807) is 32.0 Å². The van der Waals surface area contributed by atoms with Crippen molar-refractivity contribution < 1.29 is 14.3 Å². The van der Waals surface area contributed by atoms with Crippen LogP contribution in [0.2, 0.25) is 0 Å². The number of para-hydroxylation sites is 1. The van der Waals surface area contributed by atoms with E-state index in [9.17, 15) is 4.79 Å². The Balaban J connectivity index is 2.87. The highest BCUT2D eigenvalue weighted by Gasteiger charge is 2.15. The second-order valence-electron chi connectivity index (χ2n) is 4.88. The molecule has 0 aromatic heterocycles. The Bertz CT molecular complexity index is 414. The van der Waals surface area contributed by atoms with E-state index in [0.29, 0.717) is 29.5 Å². The van der Waals surface area contributed by atoms with Crippen LogP contribution < -0.4 is 10.5 Å². The van der Waals surface area contributed by atoms with Gasteiger partial charge < -0.3 is 15.2 Å². The minimum atomic E-state index is -0.419. The Kier molecular flexibility index (Phi) is 5.01. The molecule has 0 bridgehead atoms. The molecule has 1 aromatic carbocycles. The molecule has 0 aliphatic carbocycles. The second-order valence-corrected chi connectivity index (χ2v) is 4.88. The SMILES string of the molecule is CC(C)COc1cccc(C(=O)OC(C)C)c1N. The zero-order valence-corrected chi connectivity index (χ0v) is 11.4. The lowest BCUT2D eigenvalue weighted by molar-refractivity contribution is 0.0379. The first-order valence-electron chi connectivity index (χ1n) is 6.14. The molecule has 0 radical (unpaired) electrons. The Hall–Kier alpha value is -1.71. The van der Waals surface area contributed by atoms with Gasteiger partial charge in [-0.1, -0.05) is 19.9 Å². The Morgan fingerprint density at radius 1 is 1.28 bits per heavy atom. The summed E-state index contributed by atoms with van der Waals surface area (Å²) in [6.07, 6.45) is -0.169. The van der Waals surface area contributed by atoms with Crippen LogP contribution in [-0.2, 0) is 4.74 Å². The molecule has 0 unspecified atom stereocenters. The average Bonchev–Trinajstić information content (AvgIpc) is 2.26. The minimum Gasteiger partial charge on any atom is -0.491 e. The number of anilines is 1. The van der Waals surface area contributed by atoms with E-state index < -0.39 is 5.97 Å². The molecule has 100 valence electrons. The number of hydrogen-bond acceptors (Lipinski definition) is 4. The average molecular weight is 251 g/mol. The number of nitrogen functional groups attached to an aromatic ring is 1. The maximum atomic E-state index is 11.8. The van der Waals surface area contributed by atoms with Crippen molar-refractivity contribution in [2.75, 3.05) is 12.3 Å². The van der Waals surface area contributed by atoms with Crippen LogP contribution >= 0.6 is 0 Å². The maximum Gasteiger partial charge on any atom is 0.340 e. The number of carbonyl (C=O) groups excluding carboxylic acids is 1. The zero-order valence-electron chi connectivity index (χ0n) is 11.4. The van der Waals surface area contributed by atoms with Crippen molar-refractivity contribution in [1.29, 1.82) is 0 Å². The molecular weight excluding hydrogens is 230 g/mol. The van der Waals surface area contributed by atoms with E-state index in [0.717, 1.165) is 0 Å². The van der Waals surface area contributed by atoms with Gasteiger partial charge in [-0.3, -0.25) is 0 Å². The highest BCUT2D eigenvalue weighted by atomic mass is 16.5. The molecule has 0 amide bonds. The van der Waals surface area contributed by atoms with Crippen molar-refractivity contribution in [3.63, 3.8) is 0 Å². The number of nitrogens with two attached hydrogens (primary N) is 1. The van der Waals surface area contributed by atoms with Gasteiger partial charge in [0.1, 0.15) is 5.75 Å². The molecule has 0 aliphatic heterocycles. The van der Waals surface area contributed by atoms with Gasteiger partial charge in [0, 0.05) is 0 Å². The van der Waals surface area contributed by atoms with E-state index in [2.05, 4.69) is 0 Å². The number of benzene rings is 1. The van der Waals surface area contributed by atoms with Crippen molar-refractivity contribution in [3.8, 4) is 5.75 Å². The number of carbonyl (C=O) groups is 1. The predicted octanol–water partition coefficient (Wildman–Crippen LogP) is 2.87. The Morgan fingerprint density at radius 2 is 1.94 bits per heavy atom. The molecule has 0 aliphatic rings. The summed E-state index contributed by atoms with van der Waals surface area (Å²) >= 11 is 0. The van der Waals surface area contributed by atoms with Gasteiger partial charge in [-0.25, -0.2) is 4.79 Å². The summed E-state index contributed by atoms with van der Waals surface area (Å²) in [4.78, 5) is 11.8. The van der Waals surface area contributed by atoms with E-state index in [1.807, 2.05) is 13.8 Å². The van der Waals surface area contributed by atoms with Gasteiger partial charge in [0.2, 0.25) is 0 Å². The first kappa shape index (κ1) is 14.4. The lowest BCUT2D eigenvalue weighted by Crippen LogP contribution is -2.14. The summed E-state index contributed by atoms with van der Waals surface area (Å²) in [5.41, 5.74) is 6.61. The monoisotopic (exact) mass is 251 g/mol. The van der Waals surface area contributed by atoms with Crippen LogP contribution in [0.5, 0.6) is 5.75 Å². The van der Waals surface area contributed by atoms with E-state index in [1.165, 1.54) is 0 Å². The molecule has 0 saturated carbocycles. The molecule has 2 N–H and O–H groups in total. The highest BCUT2D eigenvalue weighted by Crippen LogP contribution is 2.26. The molecule has 0 saturated heterocycles. The van der Waals surface area contributed by atoms with E-state index in [4.69, 9.17) is 15.2 Å². The van der Waals surface area contributed by atoms with Gasteiger partial charge >= 0.3 is 5.97 Å². The minimum absolute atomic E-state index is 0.169. The fourth-order valence-corrected chi connectivity index (χ4v) is 1.38. The molecule has 1 rings (SSSR count). The molecule has 0 fully saturated rings. The third-order valence-corrected chi connectivity index (χ3v) is 2.20. The number of hydrogen-bond donors (Lipinski definition) is 1. The van der Waals surface area contributed by atoms with Crippen molar-refractivity contribution in [1.82, 2.24) is 0 Å². The normalized spacial score (nSPS) is 10.8. The quantitative estimate of drug-likeness (QED) is 0.645. The Labute approximate surface area is 108 Å². The molecule has 0 spiro atoms. The van der Waals surface area contributed by atoms with E-state index in [-0.39, 0.29) is 6.10 Å². The fourth-order valence-electron chi connectivity index (χ4n) is 1.38. The van der Waals surface area contributed by atoms with Crippen LogP contribution in [-0.4, -0.2) is 18.7 Å². The lowest BCUT2D eigenvalue weighted by atomic mass is 10.1. The summed E-state index contributed by atoms with van der Waals surface area (Å²) < 4.78 is 10.7. The van der Waals surface area contributed by atoms with Crippen LogP contribution in [0.4, 0.5) is 5.69 Å². The summed E-state index contributed by atoms with van der Waals surface area (Å²) in [5.74, 6) is 0.509. The summed E-state index contributed by atoms with van der Waals surface area (Å²) in [5, 5.41) is 0. The lowest BCUT2D eigenvalue weighted by Gasteiger charge is -2.14. The van der Waals surface area contributed by atoms with Gasteiger partial charge in [-0.15, -0.1) is 0 Å². The number of esters is 1. The van der Waals surface area contributed by atoms with Gasteiger partial charge in [0.15, 0.2) is 0 Å². The van der Waals surface area contributed by atoms with Crippen molar-refractivity contribution in [3.05, 3.63) is 23.8 Å². The topological polar surface area (TPSA) is 61.5 Å². The first-order chi connectivity index (χ1) is 8.41. The third-order valence-electron chi connectivity index (χ3n) is 2.20. The molecule has 1 aromatic rings. The molecular formula is C14H21NO3. The van der Waals surface area contributed by atoms with Crippen molar-refractivity contribution in [2.24, 2.45) is 5.92 Å². The highest BCUT2D eigenvalue weighted by molar-refractivity contribution is 5.96. The summed E-state index contributed by atoms with van der Waals surface area (Å²) in [6.45, 7) is 8.26. The smallest absolute Gasteiger partial charge is 0.340 e. The van der Waals surface area contributed by atoms with E-state index >= 15 is 0 Å². The summed E-state index contributed by atoms with van der Waals surface area (Å²) in [6, 6.07) is 5.13. The van der Waals surface area contributed by atoms with Gasteiger partial charge in [-0.2, -0.15) is 0 Å². The number of ether oxygens (including phenoxy) is 2. The molecule has 0 heterocycles. The van der Waals surface area contributed by atoms with Crippen LogP contribution in [0.1, 0.15) is 38.1 Å². The third kappa shape index (κ3) is 3.95. The standard InChI is InChI=1S/C14H21NO3/c1-9(2)8-17-12-7-5-6-11(13(12)15)14(16)18-10(3)4/h5-7,9-10H,8,15H2,1-4H3. The van der Waals surface area contributed by atoms with Crippen LogP contribution in [0.25, 0.3) is 0 Å². The van der Waals surface area contributed by atoms with Crippen LogP contribution in [0, 0.1) is 5.92 Å². The number of rotatable bonds is 5. The fraction of sp³-hybridized carbons (Fsp3) is 0.500. The van der Waals surface area contributed by atoms with Gasteiger partial charge in [-0.05, 0) is 31.9 Å². The maximum absolute atomic E-state index is 11.8.